The molecule has 1 saturated carbocycles. The fraction of sp³-hybridized carbons (Fsp3) is 0.842. The molecule has 4 aliphatic rings. The van der Waals surface area contributed by atoms with Crippen LogP contribution in [-0.2, 0) is 0 Å². The lowest BCUT2D eigenvalue weighted by Gasteiger charge is -2.38. The minimum absolute atomic E-state index is 0. The first-order valence-electron chi connectivity index (χ1n) is 19.4. The molecule has 3 fully saturated rings. The molecule has 2 unspecified atom stereocenters. The van der Waals surface area contributed by atoms with Crippen molar-refractivity contribution in [3.63, 3.8) is 0 Å². The summed E-state index contributed by atoms with van der Waals surface area (Å²) in [7, 11) is 1.07. The Bertz CT molecular complexity index is 796. The van der Waals surface area contributed by atoms with E-state index in [1.807, 2.05) is 44.9 Å². The Labute approximate surface area is 308 Å². The zero-order chi connectivity index (χ0) is 35.2. The van der Waals surface area contributed by atoms with E-state index in [-0.39, 0.29) is 25.5 Å². The maximum absolute atomic E-state index is 7.61. The van der Waals surface area contributed by atoms with Crippen molar-refractivity contribution >= 4 is 34.9 Å². The Hall–Kier alpha value is -1.02. The molecule has 11 heteroatoms. The molecular formula is C38H82B5O6. The maximum atomic E-state index is 7.61. The molecule has 0 amide bonds. The summed E-state index contributed by atoms with van der Waals surface area (Å²) in [4.78, 5) is 0. The molecule has 0 aromatic heterocycles. The Kier molecular flexibility index (Phi) is 35.4. The van der Waals surface area contributed by atoms with Crippen molar-refractivity contribution in [1.29, 1.82) is 0 Å². The minimum atomic E-state index is -1.17. The average Bonchev–Trinajstić information content (AvgIpc) is 3.42. The largest absolute Gasteiger partial charge is 0.591 e. The third kappa shape index (κ3) is 23.2. The van der Waals surface area contributed by atoms with E-state index >= 15 is 0 Å². The van der Waals surface area contributed by atoms with E-state index in [0.29, 0.717) is 0 Å². The third-order valence-corrected chi connectivity index (χ3v) is 11.1. The highest BCUT2D eigenvalue weighted by Crippen LogP contribution is 2.46. The molecule has 3 aliphatic heterocycles. The van der Waals surface area contributed by atoms with Gasteiger partial charge in [0.25, 0.3) is 0 Å². The van der Waals surface area contributed by atoms with Gasteiger partial charge in [-0.1, -0.05) is 207 Å². The van der Waals surface area contributed by atoms with E-state index in [1.54, 1.807) is 0 Å². The summed E-state index contributed by atoms with van der Waals surface area (Å²) in [5, 5.41) is 15.2. The molecule has 2 saturated heterocycles. The summed E-state index contributed by atoms with van der Waals surface area (Å²) in [5.41, 5.74) is 0. The molecule has 2 bridgehead atoms. The highest BCUT2D eigenvalue weighted by Gasteiger charge is 2.35. The second-order valence-corrected chi connectivity index (χ2v) is 14.9. The minimum Gasteiger partial charge on any atom is -0.523 e. The summed E-state index contributed by atoms with van der Waals surface area (Å²) >= 11 is 0. The SMILES string of the molecule is C.CB(C(C)C(C)C)C(C)C(C)C.CB(O)O.CB1C2CCCC1CCC2.CB1Oc2ccccc2O1.CC.C[B]C1CCCCC1.O.O. The molecule has 1 radical (unpaired) electrons. The van der Waals surface area contributed by atoms with Crippen LogP contribution in [0.3, 0.4) is 0 Å². The maximum Gasteiger partial charge on any atom is 0.591 e. The molecule has 6 nitrogen and oxygen atoms in total. The van der Waals surface area contributed by atoms with Crippen LogP contribution < -0.4 is 9.31 Å². The first kappa shape index (κ1) is 54.8. The molecule has 1 aliphatic carbocycles. The van der Waals surface area contributed by atoms with Crippen molar-refractivity contribution in [3.05, 3.63) is 24.3 Å². The number of benzene rings is 1. The summed E-state index contributed by atoms with van der Waals surface area (Å²) in [6.07, 6.45) is 16.5. The molecule has 1 aromatic carbocycles. The first-order valence-corrected chi connectivity index (χ1v) is 19.4. The van der Waals surface area contributed by atoms with Crippen LogP contribution in [0.1, 0.15) is 133 Å². The van der Waals surface area contributed by atoms with Gasteiger partial charge >= 0.3 is 14.2 Å². The molecule has 285 valence electrons. The van der Waals surface area contributed by atoms with Crippen LogP contribution in [0.5, 0.6) is 11.5 Å². The van der Waals surface area contributed by atoms with Crippen molar-refractivity contribution in [2.24, 2.45) is 11.8 Å². The molecular weight excluding hydrogens is 606 g/mol. The van der Waals surface area contributed by atoms with Crippen LogP contribution in [-0.4, -0.2) is 55.9 Å². The summed E-state index contributed by atoms with van der Waals surface area (Å²) in [6, 6.07) is 7.66. The number of para-hydroxylation sites is 2. The number of hydrogen-bond acceptors (Lipinski definition) is 4. The fourth-order valence-corrected chi connectivity index (χ4v) is 7.20. The molecule has 6 N–H and O–H groups in total. The molecule has 2 atom stereocenters. The van der Waals surface area contributed by atoms with Crippen LogP contribution >= 0.6 is 0 Å². The van der Waals surface area contributed by atoms with Gasteiger partial charge in [-0.25, -0.2) is 0 Å². The van der Waals surface area contributed by atoms with E-state index in [0.717, 1.165) is 65.8 Å². The number of fused-ring (bicyclic) bond motifs is 3. The lowest BCUT2D eigenvalue weighted by molar-refractivity contribution is 0.417. The number of rotatable bonds is 5. The molecule has 5 rings (SSSR count). The van der Waals surface area contributed by atoms with Gasteiger partial charge in [0.1, 0.15) is 32.2 Å². The van der Waals surface area contributed by atoms with Crippen molar-refractivity contribution in [1.82, 2.24) is 0 Å². The van der Waals surface area contributed by atoms with Crippen LogP contribution in [0.2, 0.25) is 63.2 Å². The Morgan fingerprint density at radius 2 is 1.04 bits per heavy atom. The van der Waals surface area contributed by atoms with Gasteiger partial charge in [-0.15, -0.1) is 0 Å². The van der Waals surface area contributed by atoms with Gasteiger partial charge in [0.05, 0.1) is 0 Å². The van der Waals surface area contributed by atoms with Crippen LogP contribution in [0.4, 0.5) is 0 Å². The van der Waals surface area contributed by atoms with Crippen molar-refractivity contribution < 1.29 is 30.3 Å². The van der Waals surface area contributed by atoms with Gasteiger partial charge in [-0.3, -0.25) is 0 Å². The molecule has 49 heavy (non-hydrogen) atoms. The second-order valence-electron chi connectivity index (χ2n) is 14.9. The summed E-state index contributed by atoms with van der Waals surface area (Å²) < 4.78 is 10.6. The van der Waals surface area contributed by atoms with Gasteiger partial charge in [-0.2, -0.15) is 0 Å². The normalized spacial score (nSPS) is 19.5. The predicted octanol–water partition coefficient (Wildman–Crippen LogP) is 10.6. The monoisotopic (exact) mass is 690 g/mol. The van der Waals surface area contributed by atoms with E-state index in [9.17, 15) is 0 Å². The van der Waals surface area contributed by atoms with Gasteiger partial charge < -0.3 is 30.3 Å². The molecule has 0 spiro atoms. The lowest BCUT2D eigenvalue weighted by atomic mass is 9.29. The topological polar surface area (TPSA) is 122 Å². The highest BCUT2D eigenvalue weighted by molar-refractivity contribution is 6.61. The average molecular weight is 689 g/mol. The van der Waals surface area contributed by atoms with Crippen LogP contribution in [0.15, 0.2) is 24.3 Å². The van der Waals surface area contributed by atoms with Crippen molar-refractivity contribution in [2.75, 3.05) is 0 Å². The Morgan fingerprint density at radius 3 is 1.31 bits per heavy atom. The zero-order valence-electron chi connectivity index (χ0n) is 33.7. The quantitative estimate of drug-likeness (QED) is 0.299. The number of hydrogen-bond donors (Lipinski definition) is 2. The Balaban J connectivity index is -0.000000258. The van der Waals surface area contributed by atoms with Gasteiger partial charge in [0, 0.05) is 0 Å². The Morgan fingerprint density at radius 1 is 0.694 bits per heavy atom. The standard InChI is InChI=1S/C11H25B.C9H17B.C7H7BO2.C7H14B.C2H6.CH5BO2.CH4.2H2O/c1-8(2)10(5)12(7)11(6)9(3)4;1-10-8-4-2-5-9(10)7-3-6-8;1-8-9-6-4-2-3-5-7(6)10-8;1-8-7-5-3-2-4-6-7;1-2;1-2(3)4;;;/h8-11H,1-7H3;8-9H,2-7H2,1H3;2-5H,1H3;7H,2-6H2,1H3;1-2H3;3-4H,1H3;1H4;2*1H2. The predicted molar refractivity (Wildman–Crippen MR) is 226 cm³/mol. The van der Waals surface area contributed by atoms with Crippen molar-refractivity contribution in [2.45, 2.75) is 197 Å². The summed E-state index contributed by atoms with van der Waals surface area (Å²) in [6.45, 7) is 30.2. The van der Waals surface area contributed by atoms with E-state index < -0.39 is 7.12 Å². The molecule has 1 aromatic rings. The first-order chi connectivity index (χ1) is 21.8. The van der Waals surface area contributed by atoms with Gasteiger partial charge in [0.15, 0.2) is 0 Å². The van der Waals surface area contributed by atoms with Crippen LogP contribution in [0, 0.1) is 11.8 Å². The smallest absolute Gasteiger partial charge is 0.523 e. The van der Waals surface area contributed by atoms with E-state index in [4.69, 9.17) is 19.4 Å². The van der Waals surface area contributed by atoms with Gasteiger partial charge in [-0.05, 0) is 25.8 Å². The summed E-state index contributed by atoms with van der Waals surface area (Å²) in [5.74, 6) is 8.22. The zero-order valence-corrected chi connectivity index (χ0v) is 33.7. The highest BCUT2D eigenvalue weighted by atomic mass is 16.6. The lowest BCUT2D eigenvalue weighted by Crippen LogP contribution is -2.31. The van der Waals surface area contributed by atoms with Gasteiger partial charge in [0.2, 0.25) is 0 Å². The molecule has 3 heterocycles. The fourth-order valence-electron chi connectivity index (χ4n) is 7.20. The van der Waals surface area contributed by atoms with E-state index in [2.05, 4.69) is 69.3 Å². The van der Waals surface area contributed by atoms with Crippen molar-refractivity contribution in [3.8, 4) is 11.5 Å². The second kappa shape index (κ2) is 31.7. The van der Waals surface area contributed by atoms with Crippen LogP contribution in [0.25, 0.3) is 0 Å². The third-order valence-electron chi connectivity index (χ3n) is 11.1. The van der Waals surface area contributed by atoms with E-state index in [1.165, 1.54) is 77.5 Å².